The van der Waals surface area contributed by atoms with Gasteiger partial charge in [-0.3, -0.25) is 14.4 Å². The number of carbonyl (C=O) groups excluding carboxylic acids is 1. The summed E-state index contributed by atoms with van der Waals surface area (Å²) in [5, 5.41) is 8.71. The molecule has 0 radical (unpaired) electrons. The fraction of sp³-hybridized carbons (Fsp3) is 0.571. The van der Waals surface area contributed by atoms with E-state index in [1.54, 1.807) is 10.9 Å². The summed E-state index contributed by atoms with van der Waals surface area (Å²) in [7, 11) is 1.89. The zero-order valence-corrected chi connectivity index (χ0v) is 12.9. The van der Waals surface area contributed by atoms with Crippen LogP contribution in [-0.2, 0) is 11.8 Å². The fourth-order valence-corrected chi connectivity index (χ4v) is 3.07. The molecule has 118 valence electrons. The molecule has 3 rings (SSSR count). The van der Waals surface area contributed by atoms with Crippen LogP contribution in [0.1, 0.15) is 30.4 Å². The van der Waals surface area contributed by atoms with Gasteiger partial charge in [0.05, 0.1) is 12.7 Å². The first-order valence-corrected chi connectivity index (χ1v) is 7.47. The number of primary amides is 1. The largest absolute Gasteiger partial charge is 0.369 e. The molecule has 1 amide bonds. The highest BCUT2D eigenvalue weighted by molar-refractivity contribution is 5.75. The second-order valence-corrected chi connectivity index (χ2v) is 5.78. The number of piperidine rings is 1. The first-order chi connectivity index (χ1) is 10.5. The lowest BCUT2D eigenvalue weighted by Crippen LogP contribution is -2.40. The number of nitrogens with zero attached hydrogens (tertiary/aromatic N) is 6. The number of hydrogen-bond donors (Lipinski definition) is 1. The van der Waals surface area contributed by atoms with Gasteiger partial charge in [-0.2, -0.15) is 9.78 Å². The summed E-state index contributed by atoms with van der Waals surface area (Å²) in [4.78, 5) is 17.9. The van der Waals surface area contributed by atoms with Crippen molar-refractivity contribution in [2.24, 2.45) is 12.8 Å². The normalized spacial score (nSPS) is 19.5. The van der Waals surface area contributed by atoms with Crippen LogP contribution >= 0.6 is 0 Å². The molecular formula is C14H21N7O. The quantitative estimate of drug-likeness (QED) is 0.856. The summed E-state index contributed by atoms with van der Waals surface area (Å²) < 4.78 is 3.64. The van der Waals surface area contributed by atoms with Crippen LogP contribution in [0.4, 0.5) is 0 Å². The minimum atomic E-state index is -0.287. The van der Waals surface area contributed by atoms with Crippen LogP contribution in [-0.4, -0.2) is 55.0 Å². The fourth-order valence-electron chi connectivity index (χ4n) is 3.07. The molecule has 22 heavy (non-hydrogen) atoms. The van der Waals surface area contributed by atoms with Gasteiger partial charge in [-0.25, -0.2) is 4.98 Å². The molecule has 0 saturated carbocycles. The summed E-state index contributed by atoms with van der Waals surface area (Å²) in [6.45, 7) is 3.87. The van der Waals surface area contributed by atoms with Gasteiger partial charge >= 0.3 is 0 Å². The lowest BCUT2D eigenvalue weighted by molar-refractivity contribution is -0.119. The number of hydrogen-bond acceptors (Lipinski definition) is 5. The number of aromatic nitrogens is 5. The van der Waals surface area contributed by atoms with E-state index in [0.29, 0.717) is 6.54 Å². The van der Waals surface area contributed by atoms with Crippen LogP contribution in [0.15, 0.2) is 12.3 Å². The monoisotopic (exact) mass is 303 g/mol. The van der Waals surface area contributed by atoms with Crippen molar-refractivity contribution in [3.8, 4) is 5.82 Å². The Labute approximate surface area is 128 Å². The van der Waals surface area contributed by atoms with Gasteiger partial charge in [0.15, 0.2) is 5.82 Å². The summed E-state index contributed by atoms with van der Waals surface area (Å²) in [6.07, 6.45) is 3.80. The number of likely N-dealkylation sites (tertiary alicyclic amines) is 1. The van der Waals surface area contributed by atoms with Crippen molar-refractivity contribution in [2.45, 2.75) is 25.7 Å². The first-order valence-electron chi connectivity index (χ1n) is 7.47. The SMILES string of the molecule is Cc1nc(C2CCCN(CC(N)=O)C2)n(-c2ccnn2C)n1. The molecular weight excluding hydrogens is 282 g/mol. The molecule has 0 spiro atoms. The molecule has 2 N–H and O–H groups in total. The zero-order chi connectivity index (χ0) is 15.7. The standard InChI is InChI=1S/C14H21N7O/c1-10-17-14(21(18-10)13-5-6-16-19(13)2)11-4-3-7-20(8-11)9-12(15)22/h5-6,11H,3-4,7-9H2,1-2H3,(H2,15,22). The number of rotatable bonds is 4. The Morgan fingerprint density at radius 3 is 3.00 bits per heavy atom. The number of aryl methyl sites for hydroxylation is 2. The molecule has 1 aliphatic rings. The van der Waals surface area contributed by atoms with Crippen molar-refractivity contribution in [1.29, 1.82) is 0 Å². The molecule has 2 aromatic rings. The Morgan fingerprint density at radius 1 is 1.50 bits per heavy atom. The van der Waals surface area contributed by atoms with E-state index < -0.39 is 0 Å². The maximum atomic E-state index is 11.1. The minimum absolute atomic E-state index is 0.240. The predicted molar refractivity (Wildman–Crippen MR) is 80.5 cm³/mol. The van der Waals surface area contributed by atoms with E-state index in [1.165, 1.54) is 0 Å². The number of amides is 1. The van der Waals surface area contributed by atoms with Gasteiger partial charge in [-0.1, -0.05) is 0 Å². The van der Waals surface area contributed by atoms with Gasteiger partial charge in [0, 0.05) is 25.6 Å². The van der Waals surface area contributed by atoms with Crippen LogP contribution < -0.4 is 5.73 Å². The van der Waals surface area contributed by atoms with Crippen LogP contribution in [0.3, 0.4) is 0 Å². The second kappa shape index (κ2) is 5.88. The van der Waals surface area contributed by atoms with E-state index in [-0.39, 0.29) is 11.8 Å². The average Bonchev–Trinajstić information content (AvgIpc) is 3.04. The van der Waals surface area contributed by atoms with Gasteiger partial charge in [0.25, 0.3) is 0 Å². The van der Waals surface area contributed by atoms with Crippen LogP contribution in [0.2, 0.25) is 0 Å². The molecule has 2 aromatic heterocycles. The van der Waals surface area contributed by atoms with Crippen molar-refractivity contribution in [3.63, 3.8) is 0 Å². The van der Waals surface area contributed by atoms with Crippen molar-refractivity contribution < 1.29 is 4.79 Å². The molecule has 0 aliphatic carbocycles. The average molecular weight is 303 g/mol. The van der Waals surface area contributed by atoms with Crippen LogP contribution in [0.25, 0.3) is 5.82 Å². The summed E-state index contributed by atoms with van der Waals surface area (Å²) in [5.74, 6) is 2.51. The van der Waals surface area contributed by atoms with Crippen LogP contribution in [0, 0.1) is 6.92 Å². The topological polar surface area (TPSA) is 94.9 Å². The molecule has 8 heteroatoms. The Kier molecular flexibility index (Phi) is 3.93. The molecule has 1 atom stereocenters. The molecule has 1 aliphatic heterocycles. The Bertz CT molecular complexity index is 675. The van der Waals surface area contributed by atoms with E-state index in [0.717, 1.165) is 43.4 Å². The highest BCUT2D eigenvalue weighted by Crippen LogP contribution is 2.27. The number of nitrogens with two attached hydrogens (primary N) is 1. The van der Waals surface area contributed by atoms with Gasteiger partial charge in [-0.05, 0) is 26.3 Å². The van der Waals surface area contributed by atoms with Gasteiger partial charge in [0.2, 0.25) is 5.91 Å². The van der Waals surface area contributed by atoms with Gasteiger partial charge in [-0.15, -0.1) is 5.10 Å². The van der Waals surface area contributed by atoms with E-state index in [9.17, 15) is 4.79 Å². The smallest absolute Gasteiger partial charge is 0.231 e. The summed E-state index contributed by atoms with van der Waals surface area (Å²) >= 11 is 0. The molecule has 1 unspecified atom stereocenters. The zero-order valence-electron chi connectivity index (χ0n) is 12.9. The molecule has 3 heterocycles. The Morgan fingerprint density at radius 2 is 2.32 bits per heavy atom. The lowest BCUT2D eigenvalue weighted by atomic mass is 9.97. The molecule has 0 bridgehead atoms. The van der Waals surface area contributed by atoms with Crippen LogP contribution in [0.5, 0.6) is 0 Å². The van der Waals surface area contributed by atoms with Gasteiger partial charge in [0.1, 0.15) is 11.6 Å². The Hall–Kier alpha value is -2.22. The van der Waals surface area contributed by atoms with E-state index >= 15 is 0 Å². The lowest BCUT2D eigenvalue weighted by Gasteiger charge is -2.31. The van der Waals surface area contributed by atoms with E-state index in [1.807, 2.05) is 24.7 Å². The van der Waals surface area contributed by atoms with E-state index in [2.05, 4.69) is 20.1 Å². The molecule has 1 fully saturated rings. The van der Waals surface area contributed by atoms with Crippen molar-refractivity contribution in [1.82, 2.24) is 29.4 Å². The third-order valence-electron chi connectivity index (χ3n) is 4.00. The third kappa shape index (κ3) is 2.87. The molecule has 0 aromatic carbocycles. The number of carbonyl (C=O) groups is 1. The third-order valence-corrected chi connectivity index (χ3v) is 4.00. The Balaban J connectivity index is 1.88. The van der Waals surface area contributed by atoms with Crippen molar-refractivity contribution in [3.05, 3.63) is 23.9 Å². The predicted octanol–water partition coefficient (Wildman–Crippen LogP) is -0.0261. The van der Waals surface area contributed by atoms with Crippen molar-refractivity contribution >= 4 is 5.91 Å². The second-order valence-electron chi connectivity index (χ2n) is 5.78. The summed E-state index contributed by atoms with van der Waals surface area (Å²) in [5.41, 5.74) is 5.31. The maximum Gasteiger partial charge on any atom is 0.231 e. The van der Waals surface area contributed by atoms with Crippen molar-refractivity contribution in [2.75, 3.05) is 19.6 Å². The van der Waals surface area contributed by atoms with Gasteiger partial charge < -0.3 is 5.73 Å². The first kappa shape index (κ1) is 14.7. The molecule has 8 nitrogen and oxygen atoms in total. The highest BCUT2D eigenvalue weighted by Gasteiger charge is 2.27. The minimum Gasteiger partial charge on any atom is -0.369 e. The van der Waals surface area contributed by atoms with E-state index in [4.69, 9.17) is 5.73 Å². The molecule has 1 saturated heterocycles. The maximum absolute atomic E-state index is 11.1. The highest BCUT2D eigenvalue weighted by atomic mass is 16.1. The summed E-state index contributed by atoms with van der Waals surface area (Å²) in [6, 6.07) is 1.92.